The molecule has 0 spiro atoms. The number of carboxylic acid groups (broad SMARTS) is 2. The Balaban J connectivity index is 1.35. The number of aliphatic hydroxyl groups is 3. The molecule has 5 rings (SSSR count). The number of ether oxygens (including phenoxy) is 1. The maximum Gasteiger partial charge on any atom is 0.318 e. The van der Waals surface area contributed by atoms with Crippen LogP contribution in [0.5, 0.6) is 5.75 Å². The topological polar surface area (TPSA) is 515 Å². The molecular formula is C71H98FN15O18. The van der Waals surface area contributed by atoms with Crippen molar-refractivity contribution >= 4 is 76.8 Å². The quantitative estimate of drug-likeness (QED) is 0.0177. The molecule has 572 valence electrons. The number of hydrazine groups is 2. The smallest absolute Gasteiger partial charge is 0.318 e. The number of nitrogens with one attached hydrogen (secondary N) is 11. The molecule has 4 aromatic rings. The van der Waals surface area contributed by atoms with Crippen molar-refractivity contribution in [1.82, 2.24) is 63.9 Å². The summed E-state index contributed by atoms with van der Waals surface area (Å²) in [7, 11) is 1.52. The lowest BCUT2D eigenvalue weighted by molar-refractivity contribution is -0.154. The second kappa shape index (κ2) is 39.8. The lowest BCUT2D eigenvalue weighted by Crippen LogP contribution is -2.67. The first kappa shape index (κ1) is 85.0. The van der Waals surface area contributed by atoms with Gasteiger partial charge in [0, 0.05) is 26.3 Å². The van der Waals surface area contributed by atoms with Crippen molar-refractivity contribution in [3.63, 3.8) is 0 Å². The SMILES string of the molecule is CCc1cc(OCCCCN)ccc1-c1ccc(C[C@H](NC(=O)[C@H](CC(=O)O)NC(=O)[C@H](CO)NC(=O)[C@@H](NC(=O)[C@](C)(Cc2ccccc2F)NC(=O)[C@@H](NC(=O)CNC(=O)[C@H](CC2=NNN(C)N2)NC(=O)C(C)(C)C(=O)O)[C@@H](C)O)[C@@H](C)O)C(=O)N[C@@H](CCCc2cc(C)cc(C)c2)C(N)=O)cc1. The van der Waals surface area contributed by atoms with Gasteiger partial charge in [-0.25, -0.2) is 9.93 Å². The summed E-state index contributed by atoms with van der Waals surface area (Å²) in [5.41, 5.74) is 18.3. The van der Waals surface area contributed by atoms with Crippen molar-refractivity contribution in [2.75, 3.05) is 33.4 Å². The molecule has 0 radical (unpaired) electrons. The lowest BCUT2D eigenvalue weighted by atomic mass is 9.90. The summed E-state index contributed by atoms with van der Waals surface area (Å²) in [5, 5.41) is 78.3. The van der Waals surface area contributed by atoms with Crippen LogP contribution in [-0.2, 0) is 83.2 Å². The average Bonchev–Trinajstić information content (AvgIpc) is 1.15. The van der Waals surface area contributed by atoms with Crippen LogP contribution in [0.15, 0.2) is 90.0 Å². The van der Waals surface area contributed by atoms with Gasteiger partial charge in [0.2, 0.25) is 59.1 Å². The van der Waals surface area contributed by atoms with Gasteiger partial charge in [-0.15, -0.1) is 10.2 Å². The molecule has 0 saturated heterocycles. The summed E-state index contributed by atoms with van der Waals surface area (Å²) in [5.74, 6) is -15.0. The maximum absolute atomic E-state index is 15.5. The number of nitrogens with zero attached hydrogens (tertiary/aromatic N) is 2. The molecular weight excluding hydrogens is 1370 g/mol. The first-order chi connectivity index (χ1) is 49.5. The Hall–Kier alpha value is -10.7. The fraction of sp³-hybridized carbons (Fsp3) is 0.479. The van der Waals surface area contributed by atoms with Crippen LogP contribution < -0.4 is 75.0 Å². The molecule has 1 aliphatic rings. The van der Waals surface area contributed by atoms with Gasteiger partial charge in [0.15, 0.2) is 0 Å². The van der Waals surface area contributed by atoms with Crippen LogP contribution in [0.3, 0.4) is 0 Å². The average molecular weight is 1470 g/mol. The Morgan fingerprint density at radius 2 is 1.26 bits per heavy atom. The molecule has 20 N–H and O–H groups in total. The molecule has 0 unspecified atom stereocenters. The summed E-state index contributed by atoms with van der Waals surface area (Å²) in [6.07, 6.45) is -2.95. The highest BCUT2D eigenvalue weighted by Gasteiger charge is 2.43. The van der Waals surface area contributed by atoms with Crippen molar-refractivity contribution in [1.29, 1.82) is 0 Å². The number of aryl methyl sites for hydroxylation is 4. The molecule has 10 atom stereocenters. The van der Waals surface area contributed by atoms with Crippen LogP contribution in [-0.4, -0.2) is 201 Å². The number of carbonyl (C=O) groups excluding carboxylic acids is 10. The number of carboxylic acids is 2. The van der Waals surface area contributed by atoms with E-state index < -0.39 is 168 Å². The van der Waals surface area contributed by atoms with Crippen LogP contribution in [0.2, 0.25) is 0 Å². The van der Waals surface area contributed by atoms with E-state index in [1.807, 2.05) is 57.2 Å². The number of unbranched alkanes of at least 4 members (excludes halogenated alkanes) is 1. The first-order valence-electron chi connectivity index (χ1n) is 34.1. The van der Waals surface area contributed by atoms with E-state index in [4.69, 9.17) is 16.2 Å². The predicted octanol–water partition coefficient (Wildman–Crippen LogP) is -1.53. The number of primary amides is 1. The minimum Gasteiger partial charge on any atom is -0.494 e. The Kier molecular flexibility index (Phi) is 32.2. The largest absolute Gasteiger partial charge is 0.494 e. The number of carbonyl (C=O) groups is 12. The van der Waals surface area contributed by atoms with Gasteiger partial charge in [0.05, 0.1) is 38.4 Å². The third-order valence-corrected chi connectivity index (χ3v) is 17.1. The number of aliphatic hydroxyl groups excluding tert-OH is 3. The number of hydrogen-bond donors (Lipinski definition) is 18. The maximum atomic E-state index is 15.5. The van der Waals surface area contributed by atoms with Gasteiger partial charge < -0.3 is 89.6 Å². The summed E-state index contributed by atoms with van der Waals surface area (Å²) in [6.45, 7) is 10.0. The van der Waals surface area contributed by atoms with Crippen molar-refractivity contribution < 1.29 is 92.2 Å². The Morgan fingerprint density at radius 1 is 0.657 bits per heavy atom. The van der Waals surface area contributed by atoms with Crippen LogP contribution in [0.25, 0.3) is 11.1 Å². The van der Waals surface area contributed by atoms with Gasteiger partial charge >= 0.3 is 11.9 Å². The normalized spacial score (nSPS) is 15.2. The fourth-order valence-corrected chi connectivity index (χ4v) is 11.1. The van der Waals surface area contributed by atoms with Gasteiger partial charge in [0.1, 0.15) is 70.6 Å². The van der Waals surface area contributed by atoms with Crippen LogP contribution in [0.1, 0.15) is 113 Å². The van der Waals surface area contributed by atoms with E-state index in [0.717, 1.165) is 86.9 Å². The number of nitrogens with two attached hydrogens (primary N) is 2. The number of rotatable bonds is 42. The molecule has 0 bridgehead atoms. The van der Waals surface area contributed by atoms with Crippen LogP contribution in [0.4, 0.5) is 4.39 Å². The Bertz CT molecular complexity index is 3780. The summed E-state index contributed by atoms with van der Waals surface area (Å²) in [6, 6.07) is 11.0. The molecule has 0 fully saturated rings. The number of halogens is 1. The van der Waals surface area contributed by atoms with E-state index in [1.165, 1.54) is 30.4 Å². The second-order valence-corrected chi connectivity index (χ2v) is 26.5. The van der Waals surface area contributed by atoms with Crippen molar-refractivity contribution in [2.24, 2.45) is 22.0 Å². The molecule has 34 heteroatoms. The van der Waals surface area contributed by atoms with E-state index in [-0.39, 0.29) is 30.7 Å². The summed E-state index contributed by atoms with van der Waals surface area (Å²) in [4.78, 5) is 163. The Morgan fingerprint density at radius 3 is 1.84 bits per heavy atom. The molecule has 1 heterocycles. The van der Waals surface area contributed by atoms with E-state index in [2.05, 4.69) is 63.9 Å². The van der Waals surface area contributed by atoms with Gasteiger partial charge in [-0.1, -0.05) is 84.8 Å². The zero-order valence-electron chi connectivity index (χ0n) is 60.1. The van der Waals surface area contributed by atoms with Crippen molar-refractivity contribution in [3.8, 4) is 16.9 Å². The number of hydrazone groups is 1. The number of aliphatic carboxylic acids is 2. The van der Waals surface area contributed by atoms with E-state index >= 15 is 4.39 Å². The first-order valence-corrected chi connectivity index (χ1v) is 34.1. The summed E-state index contributed by atoms with van der Waals surface area (Å²) < 4.78 is 21.4. The van der Waals surface area contributed by atoms with Crippen LogP contribution in [0, 0.1) is 25.1 Å². The van der Waals surface area contributed by atoms with E-state index in [9.17, 15) is 83.1 Å². The highest BCUT2D eigenvalue weighted by atomic mass is 19.1. The molecule has 4 aromatic carbocycles. The highest BCUT2D eigenvalue weighted by molar-refractivity contribution is 6.04. The van der Waals surface area contributed by atoms with Crippen LogP contribution >= 0.6 is 0 Å². The van der Waals surface area contributed by atoms with Gasteiger partial charge in [-0.2, -0.15) is 0 Å². The van der Waals surface area contributed by atoms with E-state index in [1.54, 1.807) is 24.3 Å². The minimum absolute atomic E-state index is 0.0774. The highest BCUT2D eigenvalue weighted by Crippen LogP contribution is 2.29. The molecule has 33 nitrogen and oxygen atoms in total. The third kappa shape index (κ3) is 25.9. The standard InChI is InChI=1S/C71H98FN15O18/c1-10-44-32-47(105-27-14-13-26-73)24-25-48(44)45-22-20-42(21-23-45)31-51(62(96)76-50(60(74)94)19-15-16-43-29-38(2)28-39(3)30-43)77-63(97)53(34-57(92)93)78-64(98)54(37-88)79-65(99)58(40(4)89)82-68(102)71(8,35-46-17-11-12-18-49(46)72)83-66(100)59(41(5)90)81-56(91)36-75-61(95)52(33-55-84-86-87(9)85-55)80-67(101)70(6,7)69(103)104/h11-12,17-18,20-25,28-30,32,40-41,50-54,58-59,86,88-90H,10,13-16,19,26-27,31,33-37,73H2,1-9H3,(H2,74,94)(H,75,95)(H,76,96)(H,77,97)(H,78,98)(H,79,99)(H,80,101)(H,81,91)(H,82,102)(H,83,100)(H,84,85)(H,92,93)(H,103,104)/t40-,41-,50+,51+,52+,53+,54+,58+,59+,71+/m1/s1. The molecule has 0 saturated carbocycles. The summed E-state index contributed by atoms with van der Waals surface area (Å²) >= 11 is 0. The Labute approximate surface area is 606 Å². The molecule has 0 aromatic heterocycles. The van der Waals surface area contributed by atoms with Crippen molar-refractivity contribution in [3.05, 3.63) is 124 Å². The monoisotopic (exact) mass is 1470 g/mol. The fourth-order valence-electron chi connectivity index (χ4n) is 11.1. The number of amidine groups is 1. The molecule has 10 amide bonds. The molecule has 1 aliphatic heterocycles. The van der Waals surface area contributed by atoms with E-state index in [0.29, 0.717) is 43.7 Å². The van der Waals surface area contributed by atoms with Gasteiger partial charge in [-0.3, -0.25) is 63.0 Å². The molecule has 105 heavy (non-hydrogen) atoms. The molecule has 0 aliphatic carbocycles. The second-order valence-electron chi connectivity index (χ2n) is 26.5. The number of benzene rings is 4. The number of hydrogen-bond acceptors (Lipinski definition) is 21. The zero-order chi connectivity index (χ0) is 78.0. The predicted molar refractivity (Wildman–Crippen MR) is 380 cm³/mol. The minimum atomic E-state index is -2.40. The third-order valence-electron chi connectivity index (χ3n) is 17.1. The zero-order valence-corrected chi connectivity index (χ0v) is 60.1. The lowest BCUT2D eigenvalue weighted by Gasteiger charge is -2.34. The number of amides is 10. The van der Waals surface area contributed by atoms with Gasteiger partial charge in [-0.05, 0) is 145 Å². The van der Waals surface area contributed by atoms with Gasteiger partial charge in [0.25, 0.3) is 0 Å². The van der Waals surface area contributed by atoms with Crippen molar-refractivity contribution in [2.45, 2.75) is 180 Å².